The molecule has 128 valence electrons. The Morgan fingerprint density at radius 1 is 1.46 bits per heavy atom. The molecule has 0 radical (unpaired) electrons. The van der Waals surface area contributed by atoms with Crippen LogP contribution in [0.1, 0.15) is 5.76 Å². The maximum Gasteiger partial charge on any atom is 0.353 e. The van der Waals surface area contributed by atoms with Gasteiger partial charge in [0.25, 0.3) is 0 Å². The van der Waals surface area contributed by atoms with Crippen LogP contribution in [0.2, 0.25) is 0 Å². The summed E-state index contributed by atoms with van der Waals surface area (Å²) in [5, 5.41) is 14.2. The van der Waals surface area contributed by atoms with Gasteiger partial charge in [0.15, 0.2) is 0 Å². The third-order valence-corrected chi connectivity index (χ3v) is 3.99. The normalized spacial score (nSPS) is 15.5. The van der Waals surface area contributed by atoms with Crippen LogP contribution in [0.3, 0.4) is 0 Å². The first-order valence-corrected chi connectivity index (χ1v) is 7.69. The summed E-state index contributed by atoms with van der Waals surface area (Å²) in [7, 11) is 2.12. The molecule has 3 rings (SSSR count). The lowest BCUT2D eigenvalue weighted by Crippen LogP contribution is -3.12. The number of furan rings is 1. The Bertz CT molecular complexity index is 711. The molecule has 1 fully saturated rings. The number of hydrogen-bond acceptors (Lipinski definition) is 8. The number of aromatic nitrogens is 2. The van der Waals surface area contributed by atoms with E-state index in [9.17, 15) is 10.1 Å². The van der Waals surface area contributed by atoms with Crippen LogP contribution < -0.4 is 20.9 Å². The lowest BCUT2D eigenvalue weighted by Gasteiger charge is -2.30. The van der Waals surface area contributed by atoms with E-state index >= 15 is 0 Å². The van der Waals surface area contributed by atoms with E-state index in [2.05, 4.69) is 22.3 Å². The zero-order valence-corrected chi connectivity index (χ0v) is 13.4. The van der Waals surface area contributed by atoms with Gasteiger partial charge >= 0.3 is 5.69 Å². The standard InChI is InChI=1S/C14H19N7O3/c1-19-4-6-20(7-5-19)14-17-12(15)11(21(22)23)13(18-14)16-9-10-3-2-8-24-10/h2-3,8H,4-7,9H2,1H3,(H3,15,16,17,18)/p+1. The monoisotopic (exact) mass is 334 g/mol. The zero-order valence-electron chi connectivity index (χ0n) is 13.4. The second-order valence-electron chi connectivity index (χ2n) is 5.74. The number of nitrogens with two attached hydrogens (primary N) is 1. The molecule has 10 nitrogen and oxygen atoms in total. The van der Waals surface area contributed by atoms with Gasteiger partial charge in [0.1, 0.15) is 5.76 Å². The number of rotatable bonds is 5. The molecule has 24 heavy (non-hydrogen) atoms. The van der Waals surface area contributed by atoms with Crippen LogP contribution in [0, 0.1) is 10.1 Å². The molecule has 0 saturated carbocycles. The SMILES string of the molecule is C[NH+]1CCN(c2nc(N)c([N+](=O)[O-])c(NCc3ccco3)n2)CC1. The molecular formula is C14H20N7O3+. The van der Waals surface area contributed by atoms with Crippen LogP contribution in [0.5, 0.6) is 0 Å². The number of anilines is 3. The molecule has 1 aliphatic heterocycles. The fourth-order valence-corrected chi connectivity index (χ4v) is 2.58. The molecule has 0 bridgehead atoms. The molecular weight excluding hydrogens is 314 g/mol. The summed E-state index contributed by atoms with van der Waals surface area (Å²) in [6.45, 7) is 3.74. The summed E-state index contributed by atoms with van der Waals surface area (Å²) in [6, 6.07) is 3.52. The average molecular weight is 334 g/mol. The van der Waals surface area contributed by atoms with Crippen molar-refractivity contribution in [3.63, 3.8) is 0 Å². The number of nitro groups is 1. The number of piperazine rings is 1. The van der Waals surface area contributed by atoms with Gasteiger partial charge in [-0.25, -0.2) is 0 Å². The lowest BCUT2D eigenvalue weighted by atomic mass is 10.3. The Kier molecular flexibility index (Phi) is 4.47. The van der Waals surface area contributed by atoms with E-state index in [1.807, 2.05) is 4.90 Å². The van der Waals surface area contributed by atoms with Crippen molar-refractivity contribution >= 4 is 23.3 Å². The molecule has 0 spiro atoms. The van der Waals surface area contributed by atoms with Gasteiger partial charge < -0.3 is 25.3 Å². The number of nitrogen functional groups attached to an aromatic ring is 1. The second kappa shape index (κ2) is 6.71. The van der Waals surface area contributed by atoms with Crippen LogP contribution >= 0.6 is 0 Å². The highest BCUT2D eigenvalue weighted by Crippen LogP contribution is 2.30. The number of quaternary nitrogens is 1. The predicted octanol–water partition coefficient (Wildman–Crippen LogP) is -0.493. The van der Waals surface area contributed by atoms with Gasteiger partial charge in [-0.15, -0.1) is 0 Å². The lowest BCUT2D eigenvalue weighted by molar-refractivity contribution is -0.880. The van der Waals surface area contributed by atoms with Gasteiger partial charge in [-0.2, -0.15) is 9.97 Å². The molecule has 0 atom stereocenters. The minimum Gasteiger partial charge on any atom is -0.467 e. The fourth-order valence-electron chi connectivity index (χ4n) is 2.58. The summed E-state index contributed by atoms with van der Waals surface area (Å²) >= 11 is 0. The van der Waals surface area contributed by atoms with E-state index in [1.54, 1.807) is 12.1 Å². The average Bonchev–Trinajstić information content (AvgIpc) is 3.06. The first-order chi connectivity index (χ1) is 11.5. The Labute approximate surface area is 138 Å². The topological polar surface area (TPSA) is 128 Å². The van der Waals surface area contributed by atoms with E-state index in [1.165, 1.54) is 11.2 Å². The molecule has 0 amide bonds. The highest BCUT2D eigenvalue weighted by Gasteiger charge is 2.26. The van der Waals surface area contributed by atoms with Crippen molar-refractivity contribution in [2.24, 2.45) is 0 Å². The molecule has 0 unspecified atom stereocenters. The summed E-state index contributed by atoms with van der Waals surface area (Å²) in [5.41, 5.74) is 5.50. The highest BCUT2D eigenvalue weighted by molar-refractivity contribution is 5.70. The minimum atomic E-state index is -0.572. The zero-order chi connectivity index (χ0) is 17.1. The number of likely N-dealkylation sites (N-methyl/N-ethyl adjacent to an activating group) is 1. The minimum absolute atomic E-state index is 0.102. The maximum atomic E-state index is 11.3. The molecule has 1 aliphatic rings. The van der Waals surface area contributed by atoms with Crippen molar-refractivity contribution in [1.29, 1.82) is 0 Å². The quantitative estimate of drug-likeness (QED) is 0.493. The number of nitrogens with one attached hydrogen (secondary N) is 2. The van der Waals surface area contributed by atoms with Crippen LogP contribution in [0.15, 0.2) is 22.8 Å². The van der Waals surface area contributed by atoms with Crippen LogP contribution in [-0.2, 0) is 6.54 Å². The highest BCUT2D eigenvalue weighted by atomic mass is 16.6. The third-order valence-electron chi connectivity index (χ3n) is 3.99. The predicted molar refractivity (Wildman–Crippen MR) is 88.0 cm³/mol. The van der Waals surface area contributed by atoms with Crippen molar-refractivity contribution in [2.75, 3.05) is 49.2 Å². The molecule has 2 aromatic rings. The first kappa shape index (κ1) is 16.0. The van der Waals surface area contributed by atoms with E-state index in [4.69, 9.17) is 10.2 Å². The van der Waals surface area contributed by atoms with E-state index in [-0.39, 0.29) is 23.9 Å². The summed E-state index contributed by atoms with van der Waals surface area (Å²) in [6.07, 6.45) is 1.54. The summed E-state index contributed by atoms with van der Waals surface area (Å²) in [4.78, 5) is 22.6. The Morgan fingerprint density at radius 3 is 2.83 bits per heavy atom. The van der Waals surface area contributed by atoms with Crippen LogP contribution in [0.25, 0.3) is 0 Å². The van der Waals surface area contributed by atoms with Crippen LogP contribution in [0.4, 0.5) is 23.3 Å². The van der Waals surface area contributed by atoms with Crippen molar-refractivity contribution in [2.45, 2.75) is 6.54 Å². The Morgan fingerprint density at radius 2 is 2.21 bits per heavy atom. The summed E-state index contributed by atoms with van der Waals surface area (Å²) in [5.74, 6) is 1.02. The first-order valence-electron chi connectivity index (χ1n) is 7.69. The fraction of sp³-hybridized carbons (Fsp3) is 0.429. The van der Waals surface area contributed by atoms with Gasteiger partial charge in [0, 0.05) is 0 Å². The van der Waals surface area contributed by atoms with Crippen molar-refractivity contribution in [1.82, 2.24) is 9.97 Å². The van der Waals surface area contributed by atoms with Crippen LogP contribution in [-0.4, -0.2) is 48.1 Å². The molecule has 10 heteroatoms. The molecule has 1 saturated heterocycles. The van der Waals surface area contributed by atoms with Gasteiger partial charge in [-0.05, 0) is 12.1 Å². The molecule has 4 N–H and O–H groups in total. The van der Waals surface area contributed by atoms with Crippen molar-refractivity contribution < 1.29 is 14.2 Å². The summed E-state index contributed by atoms with van der Waals surface area (Å²) < 4.78 is 5.22. The largest absolute Gasteiger partial charge is 0.467 e. The van der Waals surface area contributed by atoms with Gasteiger partial charge in [0.2, 0.25) is 17.6 Å². The van der Waals surface area contributed by atoms with Gasteiger partial charge in [-0.1, -0.05) is 0 Å². The van der Waals surface area contributed by atoms with Gasteiger partial charge in [-0.3, -0.25) is 10.1 Å². The van der Waals surface area contributed by atoms with Crippen molar-refractivity contribution in [3.8, 4) is 0 Å². The Hall–Kier alpha value is -2.88. The number of nitrogens with zero attached hydrogens (tertiary/aromatic N) is 4. The number of hydrogen-bond donors (Lipinski definition) is 3. The molecule has 0 aromatic carbocycles. The van der Waals surface area contributed by atoms with E-state index in [0.29, 0.717) is 11.7 Å². The third kappa shape index (κ3) is 3.38. The van der Waals surface area contributed by atoms with E-state index < -0.39 is 4.92 Å². The van der Waals surface area contributed by atoms with E-state index in [0.717, 1.165) is 26.2 Å². The molecule has 0 aliphatic carbocycles. The maximum absolute atomic E-state index is 11.3. The van der Waals surface area contributed by atoms with Gasteiger partial charge in [0.05, 0.1) is 51.0 Å². The smallest absolute Gasteiger partial charge is 0.353 e. The second-order valence-corrected chi connectivity index (χ2v) is 5.74. The van der Waals surface area contributed by atoms with Crippen molar-refractivity contribution in [3.05, 3.63) is 34.3 Å². The molecule has 3 heterocycles. The molecule has 2 aromatic heterocycles. The Balaban J connectivity index is 1.87.